The van der Waals surface area contributed by atoms with E-state index in [1.807, 2.05) is 0 Å². The van der Waals surface area contributed by atoms with E-state index in [0.717, 1.165) is 0 Å². The van der Waals surface area contributed by atoms with Crippen molar-refractivity contribution in [2.45, 2.75) is 6.92 Å². The zero-order valence-electron chi connectivity index (χ0n) is 19.2. The van der Waals surface area contributed by atoms with Gasteiger partial charge in [0.05, 0.1) is 33.6 Å². The molecular weight excluding hydrogens is 444 g/mol. The van der Waals surface area contributed by atoms with Crippen molar-refractivity contribution < 1.29 is 38.1 Å². The number of methoxy groups -OCH3 is 3. The van der Waals surface area contributed by atoms with Gasteiger partial charge in [-0.15, -0.1) is 0 Å². The molecule has 2 aromatic carbocycles. The lowest BCUT2D eigenvalue weighted by Crippen LogP contribution is -2.16. The minimum absolute atomic E-state index is 0.0776. The van der Waals surface area contributed by atoms with Crippen LogP contribution >= 0.6 is 0 Å². The van der Waals surface area contributed by atoms with E-state index in [9.17, 15) is 14.4 Å². The molecule has 0 aliphatic rings. The van der Waals surface area contributed by atoms with Crippen LogP contribution in [-0.4, -0.2) is 62.2 Å². The van der Waals surface area contributed by atoms with Gasteiger partial charge in [0.1, 0.15) is 11.3 Å². The average molecular weight is 468 g/mol. The number of ether oxygens (including phenoxy) is 5. The molecule has 0 radical (unpaired) electrons. The van der Waals surface area contributed by atoms with Crippen molar-refractivity contribution in [1.29, 1.82) is 0 Å². The van der Waals surface area contributed by atoms with Crippen LogP contribution in [0.4, 0.5) is 0 Å². The fourth-order valence-corrected chi connectivity index (χ4v) is 3.29. The van der Waals surface area contributed by atoms with Crippen LogP contribution in [0.1, 0.15) is 27.8 Å². The maximum absolute atomic E-state index is 12.9. The van der Waals surface area contributed by atoms with Crippen LogP contribution in [0.5, 0.6) is 11.5 Å². The van der Waals surface area contributed by atoms with Crippen LogP contribution in [0.25, 0.3) is 16.9 Å². The number of aromatic nitrogens is 2. The van der Waals surface area contributed by atoms with E-state index in [-0.39, 0.29) is 35.1 Å². The first-order valence-electron chi connectivity index (χ1n) is 10.3. The monoisotopic (exact) mass is 468 g/mol. The van der Waals surface area contributed by atoms with Gasteiger partial charge in [-0.3, -0.25) is 0 Å². The van der Waals surface area contributed by atoms with Crippen molar-refractivity contribution >= 4 is 17.9 Å². The van der Waals surface area contributed by atoms with Gasteiger partial charge in [0.2, 0.25) is 0 Å². The van der Waals surface area contributed by atoms with Crippen LogP contribution < -0.4 is 9.47 Å². The number of benzene rings is 2. The van der Waals surface area contributed by atoms with Gasteiger partial charge in [0.15, 0.2) is 23.8 Å². The third-order valence-electron chi connectivity index (χ3n) is 4.75. The summed E-state index contributed by atoms with van der Waals surface area (Å²) in [6.45, 7) is 1.47. The number of rotatable bonds is 9. The molecule has 0 spiro atoms. The standard InChI is InChI=1S/C24H24N2O8/c1-5-33-18(27)14-34-22-16(12-9-13-17(22)30-2)20-19(23(28)31-3)21(24(29)32-4)26(25-20)15-10-7-6-8-11-15/h6-13H,5,14H2,1-4H3. The van der Waals surface area contributed by atoms with E-state index in [1.165, 1.54) is 26.0 Å². The summed E-state index contributed by atoms with van der Waals surface area (Å²) in [7, 11) is 3.82. The summed E-state index contributed by atoms with van der Waals surface area (Å²) in [5, 5.41) is 4.55. The van der Waals surface area contributed by atoms with E-state index < -0.39 is 24.5 Å². The number of para-hydroxylation sites is 2. The van der Waals surface area contributed by atoms with Crippen molar-refractivity contribution in [2.24, 2.45) is 0 Å². The molecule has 10 heteroatoms. The summed E-state index contributed by atoms with van der Waals surface area (Å²) >= 11 is 0. The molecule has 3 aromatic rings. The minimum atomic E-state index is -0.809. The molecule has 0 aliphatic heterocycles. The Balaban J connectivity index is 2.29. The molecule has 34 heavy (non-hydrogen) atoms. The smallest absolute Gasteiger partial charge is 0.357 e. The second-order valence-corrected chi connectivity index (χ2v) is 6.73. The molecule has 0 unspecified atom stereocenters. The summed E-state index contributed by atoms with van der Waals surface area (Å²) in [5.41, 5.74) is 0.621. The predicted molar refractivity (Wildman–Crippen MR) is 120 cm³/mol. The summed E-state index contributed by atoms with van der Waals surface area (Å²) in [5.74, 6) is -1.77. The zero-order valence-corrected chi connectivity index (χ0v) is 19.2. The van der Waals surface area contributed by atoms with Crippen molar-refractivity contribution in [3.8, 4) is 28.4 Å². The Bertz CT molecular complexity index is 1190. The highest BCUT2D eigenvalue weighted by Crippen LogP contribution is 2.40. The highest BCUT2D eigenvalue weighted by atomic mass is 16.6. The summed E-state index contributed by atoms with van der Waals surface area (Å²) < 4.78 is 27.2. The lowest BCUT2D eigenvalue weighted by Gasteiger charge is -2.14. The first-order valence-corrected chi connectivity index (χ1v) is 10.3. The van der Waals surface area contributed by atoms with E-state index in [2.05, 4.69) is 5.10 Å². The van der Waals surface area contributed by atoms with Gasteiger partial charge >= 0.3 is 17.9 Å². The number of esters is 3. The first kappa shape index (κ1) is 24.3. The molecule has 0 atom stereocenters. The zero-order chi connectivity index (χ0) is 24.7. The Kier molecular flexibility index (Phi) is 7.86. The molecule has 10 nitrogen and oxygen atoms in total. The van der Waals surface area contributed by atoms with Crippen LogP contribution in [-0.2, 0) is 19.0 Å². The predicted octanol–water partition coefficient (Wildman–Crippen LogP) is 3.06. The molecule has 0 bridgehead atoms. The van der Waals surface area contributed by atoms with Gasteiger partial charge in [-0.05, 0) is 31.2 Å². The molecule has 0 fully saturated rings. The Morgan fingerprint density at radius 2 is 1.62 bits per heavy atom. The van der Waals surface area contributed by atoms with Gasteiger partial charge in [0.25, 0.3) is 0 Å². The molecule has 0 amide bonds. The molecule has 0 saturated heterocycles. The Morgan fingerprint density at radius 1 is 0.912 bits per heavy atom. The molecule has 0 N–H and O–H groups in total. The molecule has 0 saturated carbocycles. The maximum Gasteiger partial charge on any atom is 0.357 e. The molecule has 178 valence electrons. The van der Waals surface area contributed by atoms with Gasteiger partial charge in [-0.25, -0.2) is 19.1 Å². The van der Waals surface area contributed by atoms with Crippen molar-refractivity contribution in [3.05, 3.63) is 59.8 Å². The largest absolute Gasteiger partial charge is 0.493 e. The topological polar surface area (TPSA) is 115 Å². The van der Waals surface area contributed by atoms with Crippen molar-refractivity contribution in [2.75, 3.05) is 34.5 Å². The van der Waals surface area contributed by atoms with E-state index in [0.29, 0.717) is 11.3 Å². The van der Waals surface area contributed by atoms with Crippen LogP contribution in [0.15, 0.2) is 48.5 Å². The summed E-state index contributed by atoms with van der Waals surface area (Å²) in [6, 6.07) is 13.7. The third-order valence-corrected chi connectivity index (χ3v) is 4.75. The summed E-state index contributed by atoms with van der Waals surface area (Å²) in [6.07, 6.45) is 0. The number of nitrogens with zero attached hydrogens (tertiary/aromatic N) is 2. The van der Waals surface area contributed by atoms with Gasteiger partial charge in [0, 0.05) is 5.56 Å². The van der Waals surface area contributed by atoms with E-state index in [1.54, 1.807) is 55.5 Å². The normalized spacial score (nSPS) is 10.4. The van der Waals surface area contributed by atoms with E-state index >= 15 is 0 Å². The number of carbonyl (C=O) groups excluding carboxylic acids is 3. The minimum Gasteiger partial charge on any atom is -0.493 e. The average Bonchev–Trinajstić information content (AvgIpc) is 3.27. The molecule has 1 aromatic heterocycles. The SMILES string of the molecule is CCOC(=O)COc1c(OC)cccc1-c1nn(-c2ccccc2)c(C(=O)OC)c1C(=O)OC. The lowest BCUT2D eigenvalue weighted by atomic mass is 10.0. The number of carbonyl (C=O) groups is 3. The Morgan fingerprint density at radius 3 is 2.24 bits per heavy atom. The maximum atomic E-state index is 12.9. The van der Waals surface area contributed by atoms with Crippen molar-refractivity contribution in [1.82, 2.24) is 9.78 Å². The molecule has 1 heterocycles. The Hall–Kier alpha value is -4.34. The highest BCUT2D eigenvalue weighted by Gasteiger charge is 2.33. The van der Waals surface area contributed by atoms with Crippen LogP contribution in [0.2, 0.25) is 0 Å². The Labute approximate surface area is 195 Å². The summed E-state index contributed by atoms with van der Waals surface area (Å²) in [4.78, 5) is 37.6. The lowest BCUT2D eigenvalue weighted by molar-refractivity contribution is -0.145. The molecule has 3 rings (SSSR count). The van der Waals surface area contributed by atoms with Gasteiger partial charge < -0.3 is 23.7 Å². The van der Waals surface area contributed by atoms with Gasteiger partial charge in [-0.2, -0.15) is 5.10 Å². The van der Waals surface area contributed by atoms with Crippen molar-refractivity contribution in [3.63, 3.8) is 0 Å². The second-order valence-electron chi connectivity index (χ2n) is 6.73. The number of hydrogen-bond acceptors (Lipinski definition) is 9. The quantitative estimate of drug-likeness (QED) is 0.345. The third kappa shape index (κ3) is 4.85. The fraction of sp³-hybridized carbons (Fsp3) is 0.250. The van der Waals surface area contributed by atoms with Crippen LogP contribution in [0, 0.1) is 0 Å². The molecule has 0 aliphatic carbocycles. The highest BCUT2D eigenvalue weighted by molar-refractivity contribution is 6.07. The molecular formula is C24H24N2O8. The van der Waals surface area contributed by atoms with Crippen LogP contribution in [0.3, 0.4) is 0 Å². The van der Waals surface area contributed by atoms with E-state index in [4.69, 9.17) is 23.7 Å². The number of hydrogen-bond donors (Lipinski definition) is 0. The fourth-order valence-electron chi connectivity index (χ4n) is 3.29. The second kappa shape index (κ2) is 11.0. The van der Waals surface area contributed by atoms with Gasteiger partial charge in [-0.1, -0.05) is 24.3 Å². The first-order chi connectivity index (χ1) is 16.5.